The Morgan fingerprint density at radius 3 is 2.42 bits per heavy atom. The molecule has 1 unspecified atom stereocenters. The van der Waals surface area contributed by atoms with Gasteiger partial charge in [-0.15, -0.1) is 0 Å². The first-order chi connectivity index (χ1) is 21.7. The quantitative estimate of drug-likeness (QED) is 0.0619. The van der Waals surface area contributed by atoms with Gasteiger partial charge in [0.1, 0.15) is 12.2 Å². The topological polar surface area (TPSA) is 72.6 Å². The first-order valence-corrected chi connectivity index (χ1v) is 17.2. The van der Waals surface area contributed by atoms with Crippen molar-refractivity contribution in [2.45, 2.75) is 111 Å². The van der Waals surface area contributed by atoms with Crippen LogP contribution in [0.25, 0.3) is 0 Å². The molecule has 2 saturated carbocycles. The van der Waals surface area contributed by atoms with E-state index < -0.39 is 0 Å². The lowest BCUT2D eigenvalue weighted by Gasteiger charge is -2.29. The van der Waals surface area contributed by atoms with Gasteiger partial charge in [0.2, 0.25) is 18.2 Å². The molecule has 1 saturated heterocycles. The maximum absolute atomic E-state index is 9.52. The highest BCUT2D eigenvalue weighted by Crippen LogP contribution is 2.63. The van der Waals surface area contributed by atoms with Gasteiger partial charge in [-0.3, -0.25) is 9.78 Å². The number of carbonyl (C=O) groups is 1. The third-order valence-electron chi connectivity index (χ3n) is 9.25. The SMILES string of the molecule is C=C(C)/C(NC)=C(/C)N(CCCC1(C2CC2)CC1)C(=C)C.CC/C=C/NC=O.CCCCCC1=[N+]2CC2C(c2ccccn2)=N1. The van der Waals surface area contributed by atoms with Crippen molar-refractivity contribution in [2.24, 2.45) is 16.3 Å². The van der Waals surface area contributed by atoms with Crippen molar-refractivity contribution < 1.29 is 9.37 Å². The van der Waals surface area contributed by atoms with Crippen molar-refractivity contribution >= 4 is 18.0 Å². The van der Waals surface area contributed by atoms with Crippen LogP contribution < -0.4 is 10.6 Å². The number of nitrogens with zero attached hydrogens (tertiary/aromatic N) is 4. The number of likely N-dealkylation sites (N-methyl/N-ethyl adjacent to an activating group) is 1. The van der Waals surface area contributed by atoms with Crippen LogP contribution in [0.3, 0.4) is 0 Å². The average Bonchev–Trinajstić information content (AvgIpc) is 3.90. The minimum absolute atomic E-state index is 0.529. The molecule has 1 amide bonds. The molecule has 3 fully saturated rings. The van der Waals surface area contributed by atoms with E-state index in [0.717, 1.165) is 59.9 Å². The van der Waals surface area contributed by atoms with Gasteiger partial charge < -0.3 is 15.5 Å². The first-order valence-electron chi connectivity index (χ1n) is 17.2. The van der Waals surface area contributed by atoms with Gasteiger partial charge in [0.15, 0.2) is 0 Å². The molecule has 5 rings (SSSR count). The number of nitrogens with one attached hydrogen (secondary N) is 2. The van der Waals surface area contributed by atoms with Gasteiger partial charge in [0.25, 0.3) is 5.84 Å². The molecule has 1 aromatic heterocycles. The van der Waals surface area contributed by atoms with E-state index in [4.69, 9.17) is 4.99 Å². The third-order valence-corrected chi connectivity index (χ3v) is 9.25. The van der Waals surface area contributed by atoms with Gasteiger partial charge in [0, 0.05) is 31.2 Å². The Kier molecular flexibility index (Phi) is 14.3. The molecule has 3 heterocycles. The van der Waals surface area contributed by atoms with Gasteiger partial charge in [-0.2, -0.15) is 0 Å². The summed E-state index contributed by atoms with van der Waals surface area (Å²) in [6.45, 7) is 21.0. The number of allylic oxidation sites excluding steroid dienone is 4. The molecule has 246 valence electrons. The van der Waals surface area contributed by atoms with E-state index in [2.05, 4.69) is 72.0 Å². The zero-order valence-corrected chi connectivity index (χ0v) is 29.0. The van der Waals surface area contributed by atoms with Crippen LogP contribution in [0.5, 0.6) is 0 Å². The highest BCUT2D eigenvalue weighted by atomic mass is 16.1. The summed E-state index contributed by atoms with van der Waals surface area (Å²) in [6.07, 6.45) is 20.5. The fraction of sp³-hybridized carbons (Fsp3) is 0.579. The molecule has 2 aliphatic heterocycles. The predicted octanol–water partition coefficient (Wildman–Crippen LogP) is 7.73. The number of amides is 1. The number of aromatic nitrogens is 1. The molecular weight excluding hydrogens is 556 g/mol. The van der Waals surface area contributed by atoms with Crippen molar-refractivity contribution in [3.8, 4) is 0 Å². The van der Waals surface area contributed by atoms with Crippen molar-refractivity contribution in [3.63, 3.8) is 0 Å². The molecule has 0 bridgehead atoms. The third kappa shape index (κ3) is 10.8. The van der Waals surface area contributed by atoms with Gasteiger partial charge in [-0.05, 0) is 112 Å². The Balaban J connectivity index is 0.000000206. The second-order valence-corrected chi connectivity index (χ2v) is 13.0. The molecule has 4 aliphatic rings. The maximum atomic E-state index is 9.52. The predicted molar refractivity (Wildman–Crippen MR) is 189 cm³/mol. The van der Waals surface area contributed by atoms with Gasteiger partial charge >= 0.3 is 0 Å². The van der Waals surface area contributed by atoms with Gasteiger partial charge in [-0.1, -0.05) is 52.0 Å². The molecule has 45 heavy (non-hydrogen) atoms. The van der Waals surface area contributed by atoms with Crippen LogP contribution in [0.1, 0.15) is 111 Å². The molecule has 0 spiro atoms. The minimum atomic E-state index is 0.529. The zero-order valence-electron chi connectivity index (χ0n) is 29.0. The largest absolute Gasteiger partial charge is 0.387 e. The van der Waals surface area contributed by atoms with Crippen LogP contribution in [0.15, 0.2) is 77.5 Å². The lowest BCUT2D eigenvalue weighted by atomic mass is 9.94. The van der Waals surface area contributed by atoms with Crippen molar-refractivity contribution in [1.82, 2.24) is 20.5 Å². The number of aliphatic imine (C=N–C) groups is 1. The molecule has 2 N–H and O–H groups in total. The summed E-state index contributed by atoms with van der Waals surface area (Å²) < 4.78 is 2.40. The Morgan fingerprint density at radius 1 is 1.13 bits per heavy atom. The van der Waals surface area contributed by atoms with Crippen LogP contribution in [-0.2, 0) is 4.79 Å². The summed E-state index contributed by atoms with van der Waals surface area (Å²) in [6, 6.07) is 6.58. The zero-order chi connectivity index (χ0) is 32.8. The number of amidine groups is 1. The molecule has 1 aromatic rings. The number of unbranched alkanes of at least 4 members (excludes halogenated alkanes) is 2. The Labute approximate surface area is 273 Å². The van der Waals surface area contributed by atoms with Crippen LogP contribution in [0.2, 0.25) is 0 Å². The fourth-order valence-electron chi connectivity index (χ4n) is 6.43. The van der Waals surface area contributed by atoms with Crippen LogP contribution in [-0.4, -0.2) is 58.6 Å². The fourth-order valence-corrected chi connectivity index (χ4v) is 6.43. The number of fused-ring (bicyclic) bond motifs is 1. The van der Waals surface area contributed by atoms with Crippen LogP contribution in [0.4, 0.5) is 0 Å². The summed E-state index contributed by atoms with van der Waals surface area (Å²) in [5.74, 6) is 2.35. The summed E-state index contributed by atoms with van der Waals surface area (Å²) in [7, 11) is 1.97. The van der Waals surface area contributed by atoms with Crippen molar-refractivity contribution in [1.29, 1.82) is 0 Å². The molecular formula is C38H59N6O+. The van der Waals surface area contributed by atoms with E-state index >= 15 is 0 Å². The van der Waals surface area contributed by atoms with Crippen LogP contribution in [0, 0.1) is 11.3 Å². The molecule has 7 nitrogen and oxygen atoms in total. The highest BCUT2D eigenvalue weighted by molar-refractivity contribution is 6.12. The smallest absolute Gasteiger partial charge is 0.295 e. The number of pyridine rings is 1. The number of hydrogen-bond donors (Lipinski definition) is 2. The highest BCUT2D eigenvalue weighted by Gasteiger charge is 2.53. The standard InChI is InChI=1S/C19H32N2.C14H18N3.C5H9NO/c1-14(2)18(20-6)16(5)21(15(3)4)13-7-10-19(11-12-19)17-8-9-17;1-2-3-4-8-13-16-14(12-10-17(12)13)11-7-5-6-9-15-11;1-2-3-4-6-5-7/h17,20H,1,3,7-13H2,2,4-6H3;5-7,9,12H,2-4,8,10H2,1H3;3-5H,2H2,1H3,(H,6,7)/q;+1;/b18-16+;;4-3+. The monoisotopic (exact) mass is 615 g/mol. The minimum Gasteiger partial charge on any atom is -0.387 e. The second kappa shape index (κ2) is 17.9. The summed E-state index contributed by atoms with van der Waals surface area (Å²) in [4.78, 5) is 21.0. The first kappa shape index (κ1) is 36.0. The Hall–Kier alpha value is -3.48. The lowest BCUT2D eigenvalue weighted by molar-refractivity contribution is -0.347. The lowest BCUT2D eigenvalue weighted by Crippen LogP contribution is -2.25. The van der Waals surface area contributed by atoms with E-state index in [1.54, 1.807) is 6.20 Å². The van der Waals surface area contributed by atoms with Crippen molar-refractivity contribution in [2.75, 3.05) is 20.1 Å². The molecule has 2 aliphatic carbocycles. The molecule has 1 atom stereocenters. The molecule has 0 radical (unpaired) electrons. The summed E-state index contributed by atoms with van der Waals surface area (Å²) >= 11 is 0. The van der Waals surface area contributed by atoms with Crippen LogP contribution >= 0.6 is 0 Å². The van der Waals surface area contributed by atoms with E-state index in [0.29, 0.717) is 12.5 Å². The van der Waals surface area contributed by atoms with E-state index in [9.17, 15) is 4.79 Å². The van der Waals surface area contributed by atoms with E-state index in [1.165, 1.54) is 75.0 Å². The average molecular weight is 616 g/mol. The van der Waals surface area contributed by atoms with E-state index in [1.807, 2.05) is 38.4 Å². The van der Waals surface area contributed by atoms with Gasteiger partial charge in [-0.25, -0.2) is 4.58 Å². The second-order valence-electron chi connectivity index (χ2n) is 13.0. The normalized spacial score (nSPS) is 19.2. The Bertz CT molecular complexity index is 1270. The Morgan fingerprint density at radius 2 is 1.89 bits per heavy atom. The number of carbonyl (C=O) groups excluding carboxylic acids is 1. The number of hydrogen-bond acceptors (Lipinski definition) is 5. The van der Waals surface area contributed by atoms with E-state index in [-0.39, 0.29) is 0 Å². The van der Waals surface area contributed by atoms with Crippen molar-refractivity contribution in [3.05, 3.63) is 78.2 Å². The number of rotatable bonds is 17. The summed E-state index contributed by atoms with van der Waals surface area (Å²) in [5, 5.41) is 5.67. The summed E-state index contributed by atoms with van der Waals surface area (Å²) in [5.41, 5.74) is 7.56. The maximum Gasteiger partial charge on any atom is 0.295 e. The van der Waals surface area contributed by atoms with Gasteiger partial charge in [0.05, 0.1) is 12.1 Å². The molecule has 7 heteroatoms. The molecule has 0 aromatic carbocycles.